The zero-order chi connectivity index (χ0) is 22.2. The van der Waals surface area contributed by atoms with Gasteiger partial charge in [0.15, 0.2) is 0 Å². The number of hydrogen-bond donors (Lipinski definition) is 1. The van der Waals surface area contributed by atoms with E-state index in [2.05, 4.69) is 48.3 Å². The Morgan fingerprint density at radius 1 is 1.09 bits per heavy atom. The lowest BCUT2D eigenvalue weighted by molar-refractivity contribution is -0.159. The van der Waals surface area contributed by atoms with Crippen LogP contribution in [0.3, 0.4) is 0 Å². The van der Waals surface area contributed by atoms with Crippen LogP contribution < -0.4 is 0 Å². The Morgan fingerprint density at radius 2 is 1.88 bits per heavy atom. The molecule has 2 aliphatic heterocycles. The fourth-order valence-electron chi connectivity index (χ4n) is 5.11. The molecule has 2 aromatic carbocycles. The van der Waals surface area contributed by atoms with E-state index in [0.717, 1.165) is 11.1 Å². The third-order valence-electron chi connectivity index (χ3n) is 6.70. The summed E-state index contributed by atoms with van der Waals surface area (Å²) in [5.74, 6) is -0.322. The first-order valence-electron chi connectivity index (χ1n) is 10.9. The molecule has 0 radical (unpaired) electrons. The second-order valence-electron chi connectivity index (χ2n) is 8.51. The van der Waals surface area contributed by atoms with Gasteiger partial charge in [-0.05, 0) is 41.3 Å². The van der Waals surface area contributed by atoms with E-state index in [1.807, 2.05) is 12.1 Å². The molecule has 162 valence electrons. The lowest BCUT2D eigenvalue weighted by Crippen LogP contribution is -2.73. The number of amides is 2. The molecule has 2 saturated heterocycles. The second-order valence-corrected chi connectivity index (χ2v) is 8.51. The minimum Gasteiger partial charge on any atom is -0.394 e. The Kier molecular flexibility index (Phi) is 5.23. The lowest BCUT2D eigenvalue weighted by atomic mass is 9.73. The molecule has 1 N–H and O–H groups in total. The normalized spacial score (nSPS) is 22.3. The number of fused-ring (bicyclic) bond motifs is 1. The quantitative estimate of drug-likeness (QED) is 0.695. The van der Waals surface area contributed by atoms with Crippen LogP contribution in [0, 0.1) is 6.92 Å². The van der Waals surface area contributed by atoms with E-state index < -0.39 is 0 Å². The zero-order valence-electron chi connectivity index (χ0n) is 17.9. The van der Waals surface area contributed by atoms with Crippen LogP contribution >= 0.6 is 0 Å². The average molecular weight is 428 g/mol. The van der Waals surface area contributed by atoms with Crippen LogP contribution in [-0.4, -0.2) is 63.5 Å². The monoisotopic (exact) mass is 427 g/mol. The highest BCUT2D eigenvalue weighted by atomic mass is 16.3. The molecule has 5 rings (SSSR count). The van der Waals surface area contributed by atoms with E-state index in [-0.39, 0.29) is 43.0 Å². The van der Waals surface area contributed by atoms with Crippen LogP contribution in [0.25, 0.3) is 11.1 Å². The van der Waals surface area contributed by atoms with Crippen LogP contribution in [-0.2, 0) is 4.79 Å². The van der Waals surface area contributed by atoms with Gasteiger partial charge in [0.2, 0.25) is 5.91 Å². The van der Waals surface area contributed by atoms with E-state index in [1.54, 1.807) is 28.1 Å². The van der Waals surface area contributed by atoms with Crippen molar-refractivity contribution >= 4 is 11.8 Å². The number of piperazine rings is 1. The van der Waals surface area contributed by atoms with Gasteiger partial charge in [0.1, 0.15) is 6.54 Å². The number of rotatable bonds is 4. The maximum absolute atomic E-state index is 12.9. The van der Waals surface area contributed by atoms with E-state index >= 15 is 0 Å². The maximum atomic E-state index is 12.9. The fraction of sp³-hybridized carbons (Fsp3) is 0.269. The van der Waals surface area contributed by atoms with E-state index in [1.165, 1.54) is 17.3 Å². The molecule has 32 heavy (non-hydrogen) atoms. The number of aliphatic hydroxyl groups is 1. The summed E-state index contributed by atoms with van der Waals surface area (Å²) in [5.41, 5.74) is 5.09. The highest BCUT2D eigenvalue weighted by Crippen LogP contribution is 2.43. The molecular weight excluding hydrogens is 402 g/mol. The number of aryl methyl sites for hydroxylation is 1. The molecule has 0 spiro atoms. The summed E-state index contributed by atoms with van der Waals surface area (Å²) >= 11 is 0. The molecule has 2 aliphatic rings. The maximum Gasteiger partial charge on any atom is 0.255 e. The summed E-state index contributed by atoms with van der Waals surface area (Å²) in [6.45, 7) is 2.47. The second kappa shape index (κ2) is 8.20. The Balaban J connectivity index is 1.40. The first kappa shape index (κ1) is 20.4. The average Bonchev–Trinajstić information content (AvgIpc) is 2.81. The van der Waals surface area contributed by atoms with Crippen molar-refractivity contribution < 1.29 is 14.7 Å². The van der Waals surface area contributed by atoms with Crippen molar-refractivity contribution in [3.05, 3.63) is 89.7 Å². The first-order valence-corrected chi connectivity index (χ1v) is 10.9. The van der Waals surface area contributed by atoms with Crippen LogP contribution in [0.1, 0.15) is 27.4 Å². The third kappa shape index (κ3) is 3.37. The number of aliphatic hydroxyl groups excluding tert-OH is 1. The van der Waals surface area contributed by atoms with Crippen LogP contribution in [0.15, 0.2) is 73.1 Å². The smallest absolute Gasteiger partial charge is 0.255 e. The van der Waals surface area contributed by atoms with Crippen molar-refractivity contribution in [1.82, 2.24) is 14.8 Å². The summed E-state index contributed by atoms with van der Waals surface area (Å²) in [6, 6.07) is 19.6. The van der Waals surface area contributed by atoms with E-state index in [4.69, 9.17) is 0 Å². The summed E-state index contributed by atoms with van der Waals surface area (Å²) in [6.07, 6.45) is 3.15. The number of nitrogens with zero attached hydrogens (tertiary/aromatic N) is 3. The number of benzene rings is 2. The number of pyridine rings is 1. The topological polar surface area (TPSA) is 73.7 Å². The molecule has 0 unspecified atom stereocenters. The van der Waals surface area contributed by atoms with Gasteiger partial charge in [-0.15, -0.1) is 0 Å². The van der Waals surface area contributed by atoms with Crippen molar-refractivity contribution in [2.75, 3.05) is 19.7 Å². The van der Waals surface area contributed by atoms with Crippen LogP contribution in [0.2, 0.25) is 0 Å². The first-order chi connectivity index (χ1) is 15.6. The van der Waals surface area contributed by atoms with Gasteiger partial charge in [0, 0.05) is 24.9 Å². The molecule has 1 aromatic heterocycles. The van der Waals surface area contributed by atoms with Crippen molar-refractivity contribution in [2.24, 2.45) is 0 Å². The summed E-state index contributed by atoms with van der Waals surface area (Å²) in [4.78, 5) is 33.1. The van der Waals surface area contributed by atoms with Gasteiger partial charge < -0.3 is 14.9 Å². The molecule has 0 aliphatic carbocycles. The van der Waals surface area contributed by atoms with Crippen molar-refractivity contribution in [3.8, 4) is 11.1 Å². The standard InChI is InChI=1S/C26H25N3O3/c1-17-5-2-3-7-21(17)18-8-10-19(11-9-18)25-22-14-28(15-24(31)29(22)23(25)16-30)26(32)20-6-4-12-27-13-20/h2-13,22-23,25,30H,14-16H2,1H3/t22-,23-,25+/m0/s1. The fourth-order valence-corrected chi connectivity index (χ4v) is 5.11. The molecular formula is C26H25N3O3. The third-order valence-corrected chi connectivity index (χ3v) is 6.70. The molecule has 3 aromatic rings. The lowest BCUT2D eigenvalue weighted by Gasteiger charge is -2.58. The van der Waals surface area contributed by atoms with Gasteiger partial charge >= 0.3 is 0 Å². The van der Waals surface area contributed by atoms with Gasteiger partial charge in [-0.3, -0.25) is 14.6 Å². The van der Waals surface area contributed by atoms with E-state index in [9.17, 15) is 14.7 Å². The predicted octanol–water partition coefficient (Wildman–Crippen LogP) is 2.87. The van der Waals surface area contributed by atoms with Crippen molar-refractivity contribution in [3.63, 3.8) is 0 Å². The van der Waals surface area contributed by atoms with Crippen molar-refractivity contribution in [2.45, 2.75) is 24.9 Å². The Bertz CT molecular complexity index is 1150. The number of hydrogen-bond acceptors (Lipinski definition) is 4. The SMILES string of the molecule is Cc1ccccc1-c1ccc([C@H]2[C@H](CO)N3C(=O)CN(C(=O)c4cccnc4)C[C@@H]23)cc1. The summed E-state index contributed by atoms with van der Waals surface area (Å²) in [5, 5.41) is 10.0. The molecule has 6 heteroatoms. The summed E-state index contributed by atoms with van der Waals surface area (Å²) in [7, 11) is 0. The molecule has 2 amide bonds. The van der Waals surface area contributed by atoms with Gasteiger partial charge in [0.25, 0.3) is 5.91 Å². The van der Waals surface area contributed by atoms with Gasteiger partial charge in [-0.1, -0.05) is 48.5 Å². The Hall–Kier alpha value is -3.51. The molecule has 6 nitrogen and oxygen atoms in total. The summed E-state index contributed by atoms with van der Waals surface area (Å²) < 4.78 is 0. The number of carbonyl (C=O) groups is 2. The number of aromatic nitrogens is 1. The molecule has 3 atom stereocenters. The van der Waals surface area contributed by atoms with Crippen LogP contribution in [0.4, 0.5) is 0 Å². The Labute approximate surface area is 187 Å². The highest BCUT2D eigenvalue weighted by molar-refractivity contribution is 5.97. The largest absolute Gasteiger partial charge is 0.394 e. The Morgan fingerprint density at radius 3 is 2.56 bits per heavy atom. The van der Waals surface area contributed by atoms with Crippen molar-refractivity contribution in [1.29, 1.82) is 0 Å². The zero-order valence-corrected chi connectivity index (χ0v) is 17.9. The van der Waals surface area contributed by atoms with Gasteiger partial charge in [-0.25, -0.2) is 0 Å². The number of carbonyl (C=O) groups excluding carboxylic acids is 2. The molecule has 0 bridgehead atoms. The minimum atomic E-state index is -0.257. The van der Waals surface area contributed by atoms with Gasteiger partial charge in [-0.2, -0.15) is 0 Å². The minimum absolute atomic E-state index is 0.0145. The van der Waals surface area contributed by atoms with Gasteiger partial charge in [0.05, 0.1) is 24.3 Å². The molecule has 0 saturated carbocycles. The predicted molar refractivity (Wildman–Crippen MR) is 121 cm³/mol. The van der Waals surface area contributed by atoms with Crippen LogP contribution in [0.5, 0.6) is 0 Å². The highest BCUT2D eigenvalue weighted by Gasteiger charge is 2.54. The van der Waals surface area contributed by atoms with E-state index in [0.29, 0.717) is 12.1 Å². The molecule has 3 heterocycles. The molecule has 2 fully saturated rings.